The molecule has 1 aromatic heterocycles. The van der Waals surface area contributed by atoms with Crippen LogP contribution in [0.2, 0.25) is 0 Å². The number of carbonyl (C=O) groups excluding carboxylic acids is 1. The van der Waals surface area contributed by atoms with Gasteiger partial charge in [0.25, 0.3) is 5.56 Å². The van der Waals surface area contributed by atoms with Crippen molar-refractivity contribution < 1.29 is 19.0 Å². The fourth-order valence-corrected chi connectivity index (χ4v) is 3.91. The van der Waals surface area contributed by atoms with Crippen molar-refractivity contribution in [3.8, 4) is 11.5 Å². The lowest BCUT2D eigenvalue weighted by atomic mass is 10.1. The molecule has 8 nitrogen and oxygen atoms in total. The van der Waals surface area contributed by atoms with E-state index in [-0.39, 0.29) is 18.1 Å². The second kappa shape index (κ2) is 11.6. The number of nitrogens with zero attached hydrogens (tertiary/aromatic N) is 3. The van der Waals surface area contributed by atoms with E-state index in [9.17, 15) is 9.59 Å². The predicted molar refractivity (Wildman–Crippen MR) is 138 cm³/mol. The number of aromatic nitrogens is 2. The molecule has 3 rings (SSSR count). The molecule has 0 N–H and O–H groups in total. The zero-order valence-corrected chi connectivity index (χ0v) is 22.5. The van der Waals surface area contributed by atoms with Crippen LogP contribution in [0.25, 0.3) is 10.9 Å². The van der Waals surface area contributed by atoms with Crippen LogP contribution in [0.5, 0.6) is 11.5 Å². The van der Waals surface area contributed by atoms with E-state index in [1.165, 1.54) is 11.8 Å². The van der Waals surface area contributed by atoms with Gasteiger partial charge in [0.15, 0.2) is 18.1 Å². The van der Waals surface area contributed by atoms with Crippen LogP contribution in [0.15, 0.2) is 49.2 Å². The third-order valence-corrected chi connectivity index (χ3v) is 6.31. The molecule has 2 aromatic carbocycles. The number of hydrogen-bond donors (Lipinski definition) is 0. The van der Waals surface area contributed by atoms with Crippen LogP contribution >= 0.6 is 31.9 Å². The van der Waals surface area contributed by atoms with Gasteiger partial charge in [0.2, 0.25) is 0 Å². The molecule has 0 aliphatic heterocycles. The molecule has 0 aliphatic carbocycles. The molecule has 0 aliphatic rings. The van der Waals surface area contributed by atoms with Crippen LogP contribution in [-0.2, 0) is 9.53 Å². The molecule has 0 bridgehead atoms. The first kappa shape index (κ1) is 25.9. The summed E-state index contributed by atoms with van der Waals surface area (Å²) in [6.07, 6.45) is 2.36. The molecule has 10 heteroatoms. The first-order valence-electron chi connectivity index (χ1n) is 10.7. The van der Waals surface area contributed by atoms with Crippen molar-refractivity contribution in [3.05, 3.63) is 61.0 Å². The molecule has 34 heavy (non-hydrogen) atoms. The minimum Gasteiger partial charge on any atom is -0.490 e. The van der Waals surface area contributed by atoms with Crippen molar-refractivity contribution in [2.45, 2.75) is 33.1 Å². The van der Waals surface area contributed by atoms with Gasteiger partial charge >= 0.3 is 5.97 Å². The zero-order chi connectivity index (χ0) is 24.8. The molecule has 0 amide bonds. The highest BCUT2D eigenvalue weighted by Gasteiger charge is 2.16. The van der Waals surface area contributed by atoms with Crippen LogP contribution in [0.4, 0.5) is 0 Å². The molecule has 0 saturated carbocycles. The Hall–Kier alpha value is -2.72. The predicted octanol–water partition coefficient (Wildman–Crippen LogP) is 5.27. The van der Waals surface area contributed by atoms with Gasteiger partial charge in [-0.15, -0.1) is 0 Å². The normalized spacial score (nSPS) is 12.2. The summed E-state index contributed by atoms with van der Waals surface area (Å²) >= 11 is 6.92. The lowest BCUT2D eigenvalue weighted by Gasteiger charge is -2.15. The number of methoxy groups -OCH3 is 1. The largest absolute Gasteiger partial charge is 0.490 e. The van der Waals surface area contributed by atoms with E-state index in [1.54, 1.807) is 24.4 Å². The molecule has 0 unspecified atom stereocenters. The number of rotatable bonds is 9. The summed E-state index contributed by atoms with van der Waals surface area (Å²) in [6, 6.07) is 8.83. The van der Waals surface area contributed by atoms with Gasteiger partial charge in [-0.2, -0.15) is 9.78 Å². The summed E-state index contributed by atoms with van der Waals surface area (Å²) in [5.41, 5.74) is 1.03. The maximum absolute atomic E-state index is 13.3. The van der Waals surface area contributed by atoms with Gasteiger partial charge < -0.3 is 14.2 Å². The van der Waals surface area contributed by atoms with E-state index in [4.69, 9.17) is 14.5 Å². The first-order valence-corrected chi connectivity index (χ1v) is 12.3. The molecule has 3 aromatic rings. The number of carbonyl (C=O) groups is 1. The maximum Gasteiger partial charge on any atom is 0.343 e. The first-order chi connectivity index (χ1) is 16.3. The molecule has 0 spiro atoms. The Morgan fingerprint density at radius 1 is 1.18 bits per heavy atom. The molecular weight excluding hydrogens is 570 g/mol. The molecule has 0 fully saturated rings. The molecule has 0 saturated heterocycles. The summed E-state index contributed by atoms with van der Waals surface area (Å²) in [7, 11) is 1.29. The number of esters is 1. The lowest BCUT2D eigenvalue weighted by molar-refractivity contribution is -0.142. The second-order valence-corrected chi connectivity index (χ2v) is 9.19. The zero-order valence-electron chi connectivity index (χ0n) is 19.3. The monoisotopic (exact) mass is 593 g/mol. The second-order valence-electron chi connectivity index (χ2n) is 7.42. The third-order valence-electron chi connectivity index (χ3n) is 5.13. The Kier molecular flexibility index (Phi) is 8.84. The average Bonchev–Trinajstić information content (AvgIpc) is 2.83. The van der Waals surface area contributed by atoms with E-state index in [0.717, 1.165) is 10.9 Å². The highest BCUT2D eigenvalue weighted by Crippen LogP contribution is 2.33. The topological polar surface area (TPSA) is 92.0 Å². The van der Waals surface area contributed by atoms with E-state index >= 15 is 0 Å². The van der Waals surface area contributed by atoms with E-state index < -0.39 is 5.97 Å². The van der Waals surface area contributed by atoms with Crippen molar-refractivity contribution in [1.82, 2.24) is 9.66 Å². The number of hydrogen-bond acceptors (Lipinski definition) is 7. The Labute approximate surface area is 214 Å². The molecular formula is C24H25Br2N3O5. The van der Waals surface area contributed by atoms with Crippen molar-refractivity contribution >= 4 is 54.9 Å². The van der Waals surface area contributed by atoms with E-state index in [1.807, 2.05) is 32.9 Å². The standard InChI is InChI=1S/C24H25Br2N3O5/c1-5-14(3)23-28-19-8-7-16(25)10-17(19)24(31)29(23)27-12-15-9-20(33-6-2)21(11-18(15)26)34-13-22(30)32-4/h7-12,14H,5-6,13H2,1-4H3/t14-/m1/s1. The fraction of sp³-hybridized carbons (Fsp3) is 0.333. The number of halogens is 2. The SMILES string of the molecule is CCOc1cc(C=Nn2c([C@H](C)CC)nc3ccc(Br)cc3c2=O)c(Br)cc1OCC(=O)OC. The average molecular weight is 595 g/mol. The van der Waals surface area contributed by atoms with Crippen LogP contribution in [-0.4, -0.2) is 42.2 Å². The Morgan fingerprint density at radius 3 is 2.59 bits per heavy atom. The van der Waals surface area contributed by atoms with Crippen molar-refractivity contribution in [3.63, 3.8) is 0 Å². The maximum atomic E-state index is 13.3. The summed E-state index contributed by atoms with van der Waals surface area (Å²) in [4.78, 5) is 29.5. The molecule has 1 atom stereocenters. The summed E-state index contributed by atoms with van der Waals surface area (Å²) in [6.45, 7) is 6.04. The van der Waals surface area contributed by atoms with Crippen molar-refractivity contribution in [2.75, 3.05) is 20.3 Å². The van der Waals surface area contributed by atoms with Crippen LogP contribution in [0.1, 0.15) is 44.5 Å². The van der Waals surface area contributed by atoms with Gasteiger partial charge in [0, 0.05) is 20.4 Å². The summed E-state index contributed by atoms with van der Waals surface area (Å²) in [5, 5.41) is 4.98. The van der Waals surface area contributed by atoms with Crippen LogP contribution in [0, 0.1) is 0 Å². The quantitative estimate of drug-likeness (QED) is 0.248. The minimum atomic E-state index is -0.503. The molecule has 180 valence electrons. The van der Waals surface area contributed by atoms with Crippen molar-refractivity contribution in [1.29, 1.82) is 0 Å². The lowest BCUT2D eigenvalue weighted by Crippen LogP contribution is -2.23. The van der Waals surface area contributed by atoms with Gasteiger partial charge in [0.05, 0.1) is 30.8 Å². The Morgan fingerprint density at radius 2 is 1.91 bits per heavy atom. The third kappa shape index (κ3) is 5.85. The van der Waals surface area contributed by atoms with Crippen molar-refractivity contribution in [2.24, 2.45) is 5.10 Å². The fourth-order valence-electron chi connectivity index (χ4n) is 3.13. The highest BCUT2D eigenvalue weighted by atomic mass is 79.9. The summed E-state index contributed by atoms with van der Waals surface area (Å²) < 4.78 is 18.6. The molecule has 1 heterocycles. The molecule has 0 radical (unpaired) electrons. The van der Waals surface area contributed by atoms with Crippen LogP contribution < -0.4 is 15.0 Å². The Balaban J connectivity index is 2.08. The van der Waals surface area contributed by atoms with Gasteiger partial charge in [-0.3, -0.25) is 4.79 Å². The van der Waals surface area contributed by atoms with Gasteiger partial charge in [-0.05, 0) is 59.6 Å². The van der Waals surface area contributed by atoms with E-state index in [2.05, 4.69) is 41.7 Å². The number of ether oxygens (including phenoxy) is 3. The van der Waals surface area contributed by atoms with Crippen LogP contribution in [0.3, 0.4) is 0 Å². The number of fused-ring (bicyclic) bond motifs is 1. The smallest absolute Gasteiger partial charge is 0.343 e. The number of benzene rings is 2. The van der Waals surface area contributed by atoms with Gasteiger partial charge in [0.1, 0.15) is 5.82 Å². The highest BCUT2D eigenvalue weighted by molar-refractivity contribution is 9.10. The minimum absolute atomic E-state index is 0.0226. The summed E-state index contributed by atoms with van der Waals surface area (Å²) in [5.74, 6) is 0.917. The Bertz CT molecular complexity index is 1290. The van der Waals surface area contributed by atoms with Gasteiger partial charge in [-0.1, -0.05) is 29.8 Å². The van der Waals surface area contributed by atoms with Gasteiger partial charge in [-0.25, -0.2) is 9.78 Å². The van der Waals surface area contributed by atoms with E-state index in [0.29, 0.717) is 44.9 Å².